The minimum absolute atomic E-state index is 0. The van der Waals surface area contributed by atoms with Crippen LogP contribution in [-0.4, -0.2) is 39.3 Å². The number of rotatable bonds is 0. The molecule has 0 fully saturated rings. The molecule has 0 aliphatic heterocycles. The van der Waals surface area contributed by atoms with E-state index < -0.39 is 0 Å². The fraction of sp³-hybridized carbons (Fsp3) is 0. The van der Waals surface area contributed by atoms with Crippen molar-refractivity contribution in [2.24, 2.45) is 0 Å². The summed E-state index contributed by atoms with van der Waals surface area (Å²) in [5.41, 5.74) is 0. The third kappa shape index (κ3) is 9.47. The Kier molecular flexibility index (Phi) is 101. The van der Waals surface area contributed by atoms with Crippen LogP contribution in [0.1, 0.15) is 0 Å². The first-order valence-electron chi connectivity index (χ1n) is 0.289. The van der Waals surface area contributed by atoms with Crippen molar-refractivity contribution in [2.75, 3.05) is 0 Å². The van der Waals surface area contributed by atoms with Crippen molar-refractivity contribution >= 4 is 39.3 Å². The summed E-state index contributed by atoms with van der Waals surface area (Å²) in [6, 6.07) is 0. The van der Waals surface area contributed by atoms with Gasteiger partial charge in [-0.3, -0.25) is 0 Å². The van der Waals surface area contributed by atoms with Crippen LogP contribution in [0.5, 0.6) is 0 Å². The van der Waals surface area contributed by atoms with E-state index in [1.165, 1.54) is 0 Å². The Morgan fingerprint density at radius 2 is 1.25 bits per heavy atom. The summed E-state index contributed by atoms with van der Waals surface area (Å²) >= 11 is 0.611. The van der Waals surface area contributed by atoms with Crippen molar-refractivity contribution < 1.29 is 20.9 Å². The summed E-state index contributed by atoms with van der Waals surface area (Å²) in [6.07, 6.45) is 0. The second kappa shape index (κ2) is 23.1. The van der Waals surface area contributed by atoms with E-state index in [-0.39, 0.29) is 40.1 Å². The molecular formula is H3AlCuMgO. The standard InChI is InChI=1S/Al.Cu.Mg.O.3H. The first-order chi connectivity index (χ1) is 1.00. The molecule has 0 bridgehead atoms. The zero-order valence-electron chi connectivity index (χ0n) is 1.42. The molecule has 4 heavy (non-hydrogen) atoms. The molecule has 0 aromatic rings. The van der Waals surface area contributed by atoms with Crippen LogP contribution in [0.15, 0.2) is 0 Å². The molecule has 0 atom stereocenters. The fourth-order valence-electron chi connectivity index (χ4n) is 0. The van der Waals surface area contributed by atoms with E-state index in [1.807, 2.05) is 0 Å². The van der Waals surface area contributed by atoms with E-state index in [2.05, 4.69) is 0 Å². The van der Waals surface area contributed by atoms with Crippen molar-refractivity contribution in [1.82, 2.24) is 0 Å². The quantitative estimate of drug-likeness (QED) is 0.361. The first kappa shape index (κ1) is 17.5. The van der Waals surface area contributed by atoms with E-state index in [0.717, 1.165) is 0 Å². The zero-order valence-corrected chi connectivity index (χ0v) is 3.77. The Bertz CT molecular complexity index is 8.00. The number of hydrogen-bond acceptors (Lipinski definition) is 1. The Hall–Kier alpha value is 1.62. The molecule has 0 amide bonds. The van der Waals surface area contributed by atoms with Gasteiger partial charge in [0.25, 0.3) is 0 Å². The van der Waals surface area contributed by atoms with Gasteiger partial charge in [-0.25, -0.2) is 0 Å². The van der Waals surface area contributed by atoms with Crippen molar-refractivity contribution in [3.63, 3.8) is 0 Å². The van der Waals surface area contributed by atoms with Gasteiger partial charge in [0, 0.05) is 17.1 Å². The van der Waals surface area contributed by atoms with Gasteiger partial charge in [-0.1, -0.05) is 0 Å². The van der Waals surface area contributed by atoms with E-state index in [1.54, 1.807) is 0 Å². The van der Waals surface area contributed by atoms with Crippen LogP contribution in [0.3, 0.4) is 0 Å². The average molecular weight is 134 g/mol. The van der Waals surface area contributed by atoms with Crippen molar-refractivity contribution in [3.8, 4) is 0 Å². The molecule has 0 unspecified atom stereocenters. The molecular weight excluding hydrogens is 131 g/mol. The third-order valence-electron chi connectivity index (χ3n) is 0. The topological polar surface area (TPSA) is 17.1 Å². The summed E-state index contributed by atoms with van der Waals surface area (Å²) in [6.45, 7) is 0. The van der Waals surface area contributed by atoms with Gasteiger partial charge in [-0.15, -0.1) is 0 Å². The van der Waals surface area contributed by atoms with Gasteiger partial charge < -0.3 is 0 Å². The van der Waals surface area contributed by atoms with E-state index in [0.29, 0.717) is 16.2 Å². The molecule has 0 aliphatic carbocycles. The summed E-state index contributed by atoms with van der Waals surface area (Å²) in [5.74, 6) is 0. The van der Waals surface area contributed by atoms with Gasteiger partial charge in [0.05, 0.1) is 0 Å². The predicted octanol–water partition coefficient (Wildman–Crippen LogP) is -1.69. The van der Waals surface area contributed by atoms with Gasteiger partial charge in [-0.2, -0.15) is 0 Å². The van der Waals surface area contributed by atoms with Crippen molar-refractivity contribution in [2.45, 2.75) is 0 Å². The maximum atomic E-state index is 8.28. The fourth-order valence-corrected chi connectivity index (χ4v) is 0. The van der Waals surface area contributed by atoms with Gasteiger partial charge in [0.1, 0.15) is 0 Å². The minimum atomic E-state index is 0. The molecule has 1 nitrogen and oxygen atoms in total. The van der Waals surface area contributed by atoms with Crippen molar-refractivity contribution in [1.29, 1.82) is 0 Å². The monoisotopic (exact) mass is 133 g/mol. The molecule has 0 saturated heterocycles. The molecule has 0 N–H and O–H groups in total. The molecule has 25 valence electrons. The summed E-state index contributed by atoms with van der Waals surface area (Å²) in [4.78, 5) is 0. The van der Waals surface area contributed by atoms with Gasteiger partial charge in [0.2, 0.25) is 0 Å². The molecule has 1 radical (unpaired) electrons. The summed E-state index contributed by atoms with van der Waals surface area (Å²) < 4.78 is 8.28. The number of hydrogen-bond donors (Lipinski definition) is 0. The molecule has 0 aliphatic rings. The maximum absolute atomic E-state index is 8.28. The second-order valence-electron chi connectivity index (χ2n) is 0. The van der Waals surface area contributed by atoms with Crippen LogP contribution in [-0.2, 0) is 20.9 Å². The normalized spacial score (nSPS) is 0.750. The first-order valence-corrected chi connectivity index (χ1v) is 0.866. The van der Waals surface area contributed by atoms with Gasteiger partial charge in [-0.05, 0) is 0 Å². The van der Waals surface area contributed by atoms with Crippen LogP contribution in [0.25, 0.3) is 0 Å². The molecule has 0 rings (SSSR count). The Labute approximate surface area is 59.8 Å². The Morgan fingerprint density at radius 3 is 1.25 bits per heavy atom. The van der Waals surface area contributed by atoms with Crippen LogP contribution < -0.4 is 0 Å². The van der Waals surface area contributed by atoms with Crippen LogP contribution in [0.4, 0.5) is 0 Å². The molecule has 0 aromatic carbocycles. The average Bonchev–Trinajstić information content (AvgIpc) is 1.00. The van der Waals surface area contributed by atoms with Crippen LogP contribution >= 0.6 is 0 Å². The van der Waals surface area contributed by atoms with Crippen LogP contribution in [0.2, 0.25) is 0 Å². The second-order valence-corrected chi connectivity index (χ2v) is 0. The van der Waals surface area contributed by atoms with E-state index >= 15 is 0 Å². The zero-order chi connectivity index (χ0) is 2.00. The van der Waals surface area contributed by atoms with E-state index in [9.17, 15) is 0 Å². The van der Waals surface area contributed by atoms with E-state index in [4.69, 9.17) is 3.80 Å². The summed E-state index contributed by atoms with van der Waals surface area (Å²) in [7, 11) is 0. The molecule has 0 heterocycles. The molecule has 0 spiro atoms. The Morgan fingerprint density at radius 1 is 1.25 bits per heavy atom. The molecule has 0 aromatic heterocycles. The van der Waals surface area contributed by atoms with Gasteiger partial charge >= 0.3 is 43.1 Å². The molecule has 4 heteroatoms. The SMILES string of the molecule is [Cu].[MgH2].[O]=[AlH]. The van der Waals surface area contributed by atoms with Gasteiger partial charge in [0.15, 0.2) is 0 Å². The summed E-state index contributed by atoms with van der Waals surface area (Å²) in [5, 5.41) is 0. The molecule has 0 saturated carbocycles. The Balaban J connectivity index is -0.00000000500. The van der Waals surface area contributed by atoms with Crippen LogP contribution in [0, 0.1) is 0 Å². The predicted molar refractivity (Wildman–Crippen MR) is 16.4 cm³/mol. The van der Waals surface area contributed by atoms with Crippen molar-refractivity contribution in [3.05, 3.63) is 0 Å². The third-order valence-corrected chi connectivity index (χ3v) is 0.